The minimum Gasteiger partial charge on any atom is -0.495 e. The largest absolute Gasteiger partial charge is 0.495 e. The van der Waals surface area contributed by atoms with Crippen molar-refractivity contribution in [1.82, 2.24) is 0 Å². The first kappa shape index (κ1) is 9.97. The van der Waals surface area contributed by atoms with Gasteiger partial charge in [-0.05, 0) is 30.4 Å². The summed E-state index contributed by atoms with van der Waals surface area (Å²) in [5.41, 5.74) is 7.09. The maximum atomic E-state index is 5.89. The van der Waals surface area contributed by atoms with Gasteiger partial charge in [0.2, 0.25) is 0 Å². The van der Waals surface area contributed by atoms with Crippen LogP contribution in [0.1, 0.15) is 6.42 Å². The molecule has 3 rings (SSSR count). The first-order chi connectivity index (χ1) is 7.85. The summed E-state index contributed by atoms with van der Waals surface area (Å²) in [4.78, 5) is 2.43. The van der Waals surface area contributed by atoms with E-state index in [-0.39, 0.29) is 0 Å². The van der Waals surface area contributed by atoms with E-state index in [0.29, 0.717) is 6.04 Å². The molecule has 16 heavy (non-hydrogen) atoms. The van der Waals surface area contributed by atoms with Crippen LogP contribution in [0.25, 0.3) is 0 Å². The Labute approximate surface area is 96.2 Å². The Hall–Kier alpha value is -1.22. The van der Waals surface area contributed by atoms with Gasteiger partial charge in [-0.2, -0.15) is 0 Å². The van der Waals surface area contributed by atoms with Gasteiger partial charge in [-0.15, -0.1) is 0 Å². The van der Waals surface area contributed by atoms with Crippen LogP contribution in [-0.4, -0.2) is 26.2 Å². The van der Waals surface area contributed by atoms with Gasteiger partial charge >= 0.3 is 0 Å². The van der Waals surface area contributed by atoms with Gasteiger partial charge in [0.1, 0.15) is 5.75 Å². The first-order valence-electron chi connectivity index (χ1n) is 5.95. The summed E-state index contributed by atoms with van der Waals surface area (Å²) in [7, 11) is 1.73. The number of piperidine rings is 1. The Bertz CT molecular complexity index is 393. The predicted octanol–water partition coefficient (Wildman–Crippen LogP) is 1.48. The van der Waals surface area contributed by atoms with Crippen LogP contribution in [-0.2, 0) is 0 Å². The normalized spacial score (nSPS) is 31.4. The number of rotatable bonds is 3. The summed E-state index contributed by atoms with van der Waals surface area (Å²) >= 11 is 0. The molecule has 3 unspecified atom stereocenters. The summed E-state index contributed by atoms with van der Waals surface area (Å²) in [5.74, 6) is 2.66. The second kappa shape index (κ2) is 3.67. The molecule has 0 radical (unpaired) electrons. The molecule has 1 saturated carbocycles. The molecule has 0 spiro atoms. The number of benzene rings is 1. The molecule has 1 saturated heterocycles. The molecule has 1 aromatic carbocycles. The standard InChI is InChI=1S/C13H18N2O/c1-16-13-5-3-2-4-11(13)15-8-9-6-10(9)12(15)7-14/h2-5,9-10,12H,6-8,14H2,1H3. The fraction of sp³-hybridized carbons (Fsp3) is 0.538. The molecule has 3 nitrogen and oxygen atoms in total. The van der Waals surface area contributed by atoms with E-state index in [1.165, 1.54) is 12.1 Å². The molecule has 1 aliphatic carbocycles. The van der Waals surface area contributed by atoms with Crippen molar-refractivity contribution < 1.29 is 4.74 Å². The van der Waals surface area contributed by atoms with Crippen molar-refractivity contribution in [2.45, 2.75) is 12.5 Å². The zero-order valence-electron chi connectivity index (χ0n) is 9.60. The number of para-hydroxylation sites is 2. The lowest BCUT2D eigenvalue weighted by Crippen LogP contribution is -2.39. The van der Waals surface area contributed by atoms with Gasteiger partial charge in [0.25, 0.3) is 0 Å². The highest BCUT2D eigenvalue weighted by Gasteiger charge is 2.52. The highest BCUT2D eigenvalue weighted by atomic mass is 16.5. The Balaban J connectivity index is 1.91. The first-order valence-corrected chi connectivity index (χ1v) is 5.95. The van der Waals surface area contributed by atoms with Crippen molar-refractivity contribution in [1.29, 1.82) is 0 Å². The molecule has 2 N–H and O–H groups in total. The van der Waals surface area contributed by atoms with Gasteiger partial charge in [0, 0.05) is 19.1 Å². The van der Waals surface area contributed by atoms with Crippen molar-refractivity contribution in [2.75, 3.05) is 25.1 Å². The van der Waals surface area contributed by atoms with Crippen LogP contribution in [0.4, 0.5) is 5.69 Å². The van der Waals surface area contributed by atoms with E-state index >= 15 is 0 Å². The molecule has 86 valence electrons. The van der Waals surface area contributed by atoms with Crippen LogP contribution in [0, 0.1) is 11.8 Å². The molecule has 1 aliphatic heterocycles. The fourth-order valence-corrected chi connectivity index (χ4v) is 3.02. The summed E-state index contributed by atoms with van der Waals surface area (Å²) in [6.45, 7) is 1.89. The molecule has 0 amide bonds. The van der Waals surface area contributed by atoms with Crippen LogP contribution >= 0.6 is 0 Å². The number of ether oxygens (including phenoxy) is 1. The fourth-order valence-electron chi connectivity index (χ4n) is 3.02. The van der Waals surface area contributed by atoms with E-state index in [2.05, 4.69) is 17.0 Å². The predicted molar refractivity (Wildman–Crippen MR) is 64.8 cm³/mol. The number of methoxy groups -OCH3 is 1. The maximum absolute atomic E-state index is 5.89. The van der Waals surface area contributed by atoms with Gasteiger partial charge < -0.3 is 15.4 Å². The van der Waals surface area contributed by atoms with Crippen LogP contribution in [0.2, 0.25) is 0 Å². The third kappa shape index (κ3) is 1.39. The number of nitrogens with zero attached hydrogens (tertiary/aromatic N) is 1. The van der Waals surface area contributed by atoms with E-state index in [9.17, 15) is 0 Å². The second-order valence-corrected chi connectivity index (χ2v) is 4.79. The van der Waals surface area contributed by atoms with E-state index in [1.54, 1.807) is 7.11 Å². The third-order valence-corrected chi connectivity index (χ3v) is 3.94. The Morgan fingerprint density at radius 2 is 2.25 bits per heavy atom. The molecule has 1 aromatic rings. The zero-order chi connectivity index (χ0) is 11.1. The van der Waals surface area contributed by atoms with E-state index < -0.39 is 0 Å². The van der Waals surface area contributed by atoms with Crippen molar-refractivity contribution >= 4 is 5.69 Å². The van der Waals surface area contributed by atoms with E-state index in [1.807, 2.05) is 12.1 Å². The average molecular weight is 218 g/mol. The van der Waals surface area contributed by atoms with Gasteiger partial charge in [-0.1, -0.05) is 12.1 Å². The molecule has 0 aromatic heterocycles. The van der Waals surface area contributed by atoms with Crippen LogP contribution in [0.15, 0.2) is 24.3 Å². The SMILES string of the molecule is COc1ccccc1N1CC2CC2C1CN. The quantitative estimate of drug-likeness (QED) is 0.835. The van der Waals surface area contributed by atoms with Crippen molar-refractivity contribution in [3.63, 3.8) is 0 Å². The lowest BCUT2D eigenvalue weighted by Gasteiger charge is -2.29. The number of anilines is 1. The highest BCUT2D eigenvalue weighted by molar-refractivity contribution is 5.60. The molecule has 3 atom stereocenters. The maximum Gasteiger partial charge on any atom is 0.142 e. The van der Waals surface area contributed by atoms with Crippen LogP contribution in [0.5, 0.6) is 5.75 Å². The molecule has 2 aliphatic rings. The minimum atomic E-state index is 0.515. The molecule has 3 heteroatoms. The highest BCUT2D eigenvalue weighted by Crippen LogP contribution is 2.51. The number of hydrogen-bond donors (Lipinski definition) is 1. The van der Waals surface area contributed by atoms with Gasteiger partial charge in [0.05, 0.1) is 12.8 Å². The van der Waals surface area contributed by atoms with Gasteiger partial charge in [-0.25, -0.2) is 0 Å². The lowest BCUT2D eigenvalue weighted by atomic mass is 10.1. The second-order valence-electron chi connectivity index (χ2n) is 4.79. The smallest absolute Gasteiger partial charge is 0.142 e. The summed E-state index contributed by atoms with van der Waals surface area (Å²) in [5, 5.41) is 0. The van der Waals surface area contributed by atoms with Gasteiger partial charge in [-0.3, -0.25) is 0 Å². The Morgan fingerprint density at radius 3 is 3.00 bits per heavy atom. The van der Waals surface area contributed by atoms with Crippen molar-refractivity contribution in [2.24, 2.45) is 17.6 Å². The number of nitrogens with two attached hydrogens (primary N) is 1. The molecular formula is C13H18N2O. The monoisotopic (exact) mass is 218 g/mol. The average Bonchev–Trinajstić information content (AvgIpc) is 3.01. The summed E-state index contributed by atoms with van der Waals surface area (Å²) in [6, 6.07) is 8.74. The molecule has 2 fully saturated rings. The third-order valence-electron chi connectivity index (χ3n) is 3.94. The Morgan fingerprint density at radius 1 is 1.44 bits per heavy atom. The minimum absolute atomic E-state index is 0.515. The van der Waals surface area contributed by atoms with Crippen molar-refractivity contribution in [3.8, 4) is 5.75 Å². The number of fused-ring (bicyclic) bond motifs is 1. The molecule has 0 bridgehead atoms. The Kier molecular flexibility index (Phi) is 2.28. The van der Waals surface area contributed by atoms with Crippen LogP contribution < -0.4 is 15.4 Å². The topological polar surface area (TPSA) is 38.5 Å². The van der Waals surface area contributed by atoms with E-state index in [0.717, 1.165) is 30.7 Å². The zero-order valence-corrected chi connectivity index (χ0v) is 9.60. The van der Waals surface area contributed by atoms with Crippen molar-refractivity contribution in [3.05, 3.63) is 24.3 Å². The summed E-state index contributed by atoms with van der Waals surface area (Å²) in [6.07, 6.45) is 1.37. The van der Waals surface area contributed by atoms with Gasteiger partial charge in [0.15, 0.2) is 0 Å². The molecule has 1 heterocycles. The van der Waals surface area contributed by atoms with E-state index in [4.69, 9.17) is 10.5 Å². The number of hydrogen-bond acceptors (Lipinski definition) is 3. The molecular weight excluding hydrogens is 200 g/mol. The van der Waals surface area contributed by atoms with Crippen LogP contribution in [0.3, 0.4) is 0 Å². The lowest BCUT2D eigenvalue weighted by molar-refractivity contribution is 0.413. The summed E-state index contributed by atoms with van der Waals surface area (Å²) < 4.78 is 5.42.